The van der Waals surface area contributed by atoms with Gasteiger partial charge in [0.25, 0.3) is 11.8 Å². The molecule has 0 aliphatic heterocycles. The van der Waals surface area contributed by atoms with E-state index >= 15 is 0 Å². The molecule has 0 atom stereocenters. The number of nitrogens with one attached hydrogen (secondary N) is 2. The predicted molar refractivity (Wildman–Crippen MR) is 125 cm³/mol. The second-order valence-electron chi connectivity index (χ2n) is 7.01. The fourth-order valence-electron chi connectivity index (χ4n) is 3.23. The maximum absolute atomic E-state index is 12.5. The van der Waals surface area contributed by atoms with Gasteiger partial charge in [0.2, 0.25) is 5.91 Å². The third-order valence-corrected chi connectivity index (χ3v) is 5.08. The lowest BCUT2D eigenvalue weighted by molar-refractivity contribution is -0.114. The lowest BCUT2D eigenvalue weighted by Gasteiger charge is -2.19. The third kappa shape index (κ3) is 6.57. The van der Waals surface area contributed by atoms with Crippen LogP contribution in [0, 0.1) is 0 Å². The van der Waals surface area contributed by atoms with Gasteiger partial charge in [0, 0.05) is 48.7 Å². The molecule has 0 radical (unpaired) electrons. The molecule has 2 rings (SSSR count). The monoisotopic (exact) mass is 424 g/mol. The number of anilines is 2. The lowest BCUT2D eigenvalue weighted by Crippen LogP contribution is -2.30. The Morgan fingerprint density at radius 1 is 0.710 bits per heavy atom. The molecule has 0 saturated carbocycles. The summed E-state index contributed by atoms with van der Waals surface area (Å²) in [6, 6.07) is 14.0. The van der Waals surface area contributed by atoms with Crippen molar-refractivity contribution in [1.82, 2.24) is 9.80 Å². The quantitative estimate of drug-likeness (QED) is 0.609. The van der Waals surface area contributed by atoms with Crippen molar-refractivity contribution in [1.29, 1.82) is 0 Å². The number of rotatable bonds is 10. The third-order valence-electron chi connectivity index (χ3n) is 5.08. The summed E-state index contributed by atoms with van der Waals surface area (Å²) >= 11 is 0. The van der Waals surface area contributed by atoms with Crippen LogP contribution in [0.4, 0.5) is 11.4 Å². The Morgan fingerprint density at radius 2 is 1.26 bits per heavy atom. The van der Waals surface area contributed by atoms with Gasteiger partial charge in [-0.2, -0.15) is 0 Å². The molecule has 3 amide bonds. The first-order valence-corrected chi connectivity index (χ1v) is 10.8. The van der Waals surface area contributed by atoms with Gasteiger partial charge in [0.15, 0.2) is 0 Å². The first kappa shape index (κ1) is 23.9. The van der Waals surface area contributed by atoms with Crippen LogP contribution in [0.2, 0.25) is 0 Å². The average Bonchev–Trinajstić information content (AvgIpc) is 2.79. The van der Waals surface area contributed by atoms with Crippen LogP contribution in [0.15, 0.2) is 48.5 Å². The molecule has 0 aromatic heterocycles. The summed E-state index contributed by atoms with van der Waals surface area (Å²) < 4.78 is 0. The minimum Gasteiger partial charge on any atom is -0.376 e. The average molecular weight is 425 g/mol. The van der Waals surface area contributed by atoms with E-state index in [0.717, 1.165) is 5.69 Å². The SMILES string of the molecule is CCN(CC)C(=O)c1ccc(NCC(=O)Nc2cccc(C(=O)N(CC)CC)c2)cc1. The number of carbonyl (C=O) groups excluding carboxylic acids is 3. The molecule has 0 heterocycles. The molecule has 31 heavy (non-hydrogen) atoms. The van der Waals surface area contributed by atoms with Crippen molar-refractivity contribution < 1.29 is 14.4 Å². The maximum atomic E-state index is 12.5. The molecule has 0 bridgehead atoms. The van der Waals surface area contributed by atoms with E-state index in [1.807, 2.05) is 27.7 Å². The summed E-state index contributed by atoms with van der Waals surface area (Å²) in [6.45, 7) is 10.4. The maximum Gasteiger partial charge on any atom is 0.253 e. The van der Waals surface area contributed by atoms with Gasteiger partial charge in [-0.25, -0.2) is 0 Å². The highest BCUT2D eigenvalue weighted by Crippen LogP contribution is 2.14. The Morgan fingerprint density at radius 3 is 1.81 bits per heavy atom. The zero-order chi connectivity index (χ0) is 22.8. The topological polar surface area (TPSA) is 81.8 Å². The molecule has 0 spiro atoms. The second-order valence-corrected chi connectivity index (χ2v) is 7.01. The molecule has 166 valence electrons. The molecular formula is C24H32N4O3. The van der Waals surface area contributed by atoms with E-state index in [9.17, 15) is 14.4 Å². The Kier molecular flexibility index (Phi) is 9.06. The molecular weight excluding hydrogens is 392 g/mol. The van der Waals surface area contributed by atoms with Crippen LogP contribution in [-0.2, 0) is 4.79 Å². The van der Waals surface area contributed by atoms with Gasteiger partial charge < -0.3 is 20.4 Å². The van der Waals surface area contributed by atoms with E-state index in [1.54, 1.807) is 58.3 Å². The van der Waals surface area contributed by atoms with Crippen molar-refractivity contribution >= 4 is 29.1 Å². The lowest BCUT2D eigenvalue weighted by atomic mass is 10.1. The minimum atomic E-state index is -0.226. The predicted octanol–water partition coefficient (Wildman–Crippen LogP) is 3.70. The summed E-state index contributed by atoms with van der Waals surface area (Å²) in [5.74, 6) is -0.289. The van der Waals surface area contributed by atoms with Gasteiger partial charge in [-0.15, -0.1) is 0 Å². The van der Waals surface area contributed by atoms with Crippen molar-refractivity contribution in [3.05, 3.63) is 59.7 Å². The molecule has 2 aromatic rings. The van der Waals surface area contributed by atoms with Crippen molar-refractivity contribution in [2.45, 2.75) is 27.7 Å². The number of benzene rings is 2. The first-order valence-electron chi connectivity index (χ1n) is 10.8. The molecule has 2 aromatic carbocycles. The number of hydrogen-bond donors (Lipinski definition) is 2. The molecule has 7 nitrogen and oxygen atoms in total. The zero-order valence-electron chi connectivity index (χ0n) is 18.8. The molecule has 0 unspecified atom stereocenters. The second kappa shape index (κ2) is 11.7. The fraction of sp³-hybridized carbons (Fsp3) is 0.375. The van der Waals surface area contributed by atoms with Crippen molar-refractivity contribution in [3.8, 4) is 0 Å². The summed E-state index contributed by atoms with van der Waals surface area (Å²) in [5.41, 5.74) is 2.48. The van der Waals surface area contributed by atoms with E-state index < -0.39 is 0 Å². The van der Waals surface area contributed by atoms with E-state index in [-0.39, 0.29) is 24.3 Å². The number of carbonyl (C=O) groups is 3. The van der Waals surface area contributed by atoms with Gasteiger partial charge in [-0.1, -0.05) is 6.07 Å². The highest BCUT2D eigenvalue weighted by molar-refractivity contribution is 5.98. The number of hydrogen-bond acceptors (Lipinski definition) is 4. The van der Waals surface area contributed by atoms with Gasteiger partial charge in [-0.3, -0.25) is 14.4 Å². The highest BCUT2D eigenvalue weighted by atomic mass is 16.2. The first-order chi connectivity index (χ1) is 14.9. The van der Waals surface area contributed by atoms with Crippen molar-refractivity contribution in [3.63, 3.8) is 0 Å². The molecule has 0 fully saturated rings. The number of amides is 3. The Labute approximate surface area is 184 Å². The summed E-state index contributed by atoms with van der Waals surface area (Å²) in [6.07, 6.45) is 0. The fourth-order valence-corrected chi connectivity index (χ4v) is 3.23. The summed E-state index contributed by atoms with van der Waals surface area (Å²) in [7, 11) is 0. The standard InChI is InChI=1S/C24H32N4O3/c1-5-27(6-2)23(30)18-12-14-20(15-13-18)25-17-22(29)26-21-11-9-10-19(16-21)24(31)28(7-3)8-4/h9-16,25H,5-8,17H2,1-4H3,(H,26,29). The largest absolute Gasteiger partial charge is 0.376 e. The van der Waals surface area contributed by atoms with E-state index in [4.69, 9.17) is 0 Å². The number of nitrogens with zero attached hydrogens (tertiary/aromatic N) is 2. The Bertz CT molecular complexity index is 888. The van der Waals surface area contributed by atoms with Crippen LogP contribution < -0.4 is 10.6 Å². The Hall–Kier alpha value is -3.35. The van der Waals surface area contributed by atoms with Crippen LogP contribution in [0.1, 0.15) is 48.4 Å². The van der Waals surface area contributed by atoms with Crippen LogP contribution in [0.25, 0.3) is 0 Å². The van der Waals surface area contributed by atoms with Crippen LogP contribution in [0.5, 0.6) is 0 Å². The molecule has 2 N–H and O–H groups in total. The molecule has 0 aliphatic carbocycles. The molecule has 7 heteroatoms. The van der Waals surface area contributed by atoms with E-state index in [2.05, 4.69) is 10.6 Å². The molecule has 0 saturated heterocycles. The van der Waals surface area contributed by atoms with Crippen LogP contribution in [-0.4, -0.2) is 60.2 Å². The molecule has 0 aliphatic rings. The van der Waals surface area contributed by atoms with Crippen LogP contribution >= 0.6 is 0 Å². The Balaban J connectivity index is 1.93. The van der Waals surface area contributed by atoms with Gasteiger partial charge in [0.05, 0.1) is 6.54 Å². The van der Waals surface area contributed by atoms with Crippen LogP contribution in [0.3, 0.4) is 0 Å². The summed E-state index contributed by atoms with van der Waals surface area (Å²) in [5, 5.41) is 5.86. The van der Waals surface area contributed by atoms with Crippen molar-refractivity contribution in [2.75, 3.05) is 43.4 Å². The van der Waals surface area contributed by atoms with Gasteiger partial charge in [-0.05, 0) is 70.2 Å². The van der Waals surface area contributed by atoms with E-state index in [1.165, 1.54) is 0 Å². The highest BCUT2D eigenvalue weighted by Gasteiger charge is 2.14. The van der Waals surface area contributed by atoms with E-state index in [0.29, 0.717) is 43.0 Å². The zero-order valence-corrected chi connectivity index (χ0v) is 18.8. The van der Waals surface area contributed by atoms with Gasteiger partial charge in [0.1, 0.15) is 0 Å². The minimum absolute atomic E-state index is 0.00608. The van der Waals surface area contributed by atoms with Gasteiger partial charge >= 0.3 is 0 Å². The van der Waals surface area contributed by atoms with Crippen molar-refractivity contribution in [2.24, 2.45) is 0 Å². The smallest absolute Gasteiger partial charge is 0.253 e. The summed E-state index contributed by atoms with van der Waals surface area (Å²) in [4.78, 5) is 40.7. The normalized spacial score (nSPS) is 10.3.